The Morgan fingerprint density at radius 3 is 2.45 bits per heavy atom. The van der Waals surface area contributed by atoms with Crippen molar-refractivity contribution in [2.24, 2.45) is 0 Å². The third kappa shape index (κ3) is 6.78. The first-order valence-electron chi connectivity index (χ1n) is 9.70. The molecule has 0 bridgehead atoms. The summed E-state index contributed by atoms with van der Waals surface area (Å²) in [5.74, 6) is 1.38. The summed E-state index contributed by atoms with van der Waals surface area (Å²) < 4.78 is 26.4. The predicted molar refractivity (Wildman–Crippen MR) is 123 cm³/mol. The lowest BCUT2D eigenvalue weighted by molar-refractivity contribution is -0.122. The molecule has 5 nitrogen and oxygen atoms in total. The molecule has 2 aromatic carbocycles. The second-order valence-corrected chi connectivity index (χ2v) is 10.1. The number of thioether (sulfide) groups is 1. The lowest BCUT2D eigenvalue weighted by Gasteiger charge is -2.31. The number of amides is 1. The summed E-state index contributed by atoms with van der Waals surface area (Å²) in [7, 11) is -3.62. The zero-order valence-corrected chi connectivity index (χ0v) is 19.1. The summed E-state index contributed by atoms with van der Waals surface area (Å²) in [4.78, 5) is 12.8. The lowest BCUT2D eigenvalue weighted by atomic mass is 10.1. The van der Waals surface area contributed by atoms with Crippen molar-refractivity contribution in [3.8, 4) is 0 Å². The van der Waals surface area contributed by atoms with Crippen LogP contribution in [0, 0.1) is 13.8 Å². The maximum Gasteiger partial charge on any atom is 0.243 e. The highest BCUT2D eigenvalue weighted by Gasteiger charge is 2.32. The van der Waals surface area contributed by atoms with Gasteiger partial charge in [0, 0.05) is 18.1 Å². The van der Waals surface area contributed by atoms with E-state index in [0.717, 1.165) is 28.9 Å². The lowest BCUT2D eigenvalue weighted by Crippen LogP contribution is -2.50. The first kappa shape index (κ1) is 23.3. The Bertz CT molecular complexity index is 915. The normalized spacial score (nSPS) is 12.4. The second-order valence-electron chi connectivity index (χ2n) is 7.10. The number of anilines is 1. The Morgan fingerprint density at radius 2 is 1.83 bits per heavy atom. The van der Waals surface area contributed by atoms with Gasteiger partial charge < -0.3 is 5.32 Å². The summed E-state index contributed by atoms with van der Waals surface area (Å²) in [6.07, 6.45) is 1.55. The van der Waals surface area contributed by atoms with Crippen LogP contribution in [0.5, 0.6) is 0 Å². The van der Waals surface area contributed by atoms with E-state index in [1.54, 1.807) is 11.8 Å². The summed E-state index contributed by atoms with van der Waals surface area (Å²) >= 11 is 1.74. The van der Waals surface area contributed by atoms with Gasteiger partial charge in [0.25, 0.3) is 0 Å². The minimum absolute atomic E-state index is 0.265. The summed E-state index contributed by atoms with van der Waals surface area (Å²) in [6.45, 7) is 6.10. The fraction of sp³-hybridized carbons (Fsp3) is 0.409. The maximum atomic E-state index is 12.8. The first-order valence-corrected chi connectivity index (χ1v) is 12.7. The van der Waals surface area contributed by atoms with E-state index in [1.807, 2.05) is 57.2 Å². The van der Waals surface area contributed by atoms with Crippen molar-refractivity contribution >= 4 is 33.4 Å². The van der Waals surface area contributed by atoms with Gasteiger partial charge in [0.15, 0.2) is 0 Å². The number of hydrogen-bond acceptors (Lipinski definition) is 4. The molecule has 1 amide bonds. The fourth-order valence-electron chi connectivity index (χ4n) is 3.12. The van der Waals surface area contributed by atoms with Gasteiger partial charge in [-0.25, -0.2) is 8.42 Å². The van der Waals surface area contributed by atoms with Crippen LogP contribution in [-0.4, -0.2) is 38.9 Å². The molecule has 0 radical (unpaired) electrons. The standard InChI is InChI=1S/C22H30N2O3S2/c1-5-20(22(25)23-13-14-28-16-19-9-7-6-8-10-19)24(29(4,26)27)21-15-17(2)11-12-18(21)3/h6-12,15,20H,5,13-14,16H2,1-4H3,(H,23,25). The van der Waals surface area contributed by atoms with Crippen molar-refractivity contribution < 1.29 is 13.2 Å². The van der Waals surface area contributed by atoms with Crippen molar-refractivity contribution in [2.75, 3.05) is 22.9 Å². The molecule has 2 rings (SSSR count). The van der Waals surface area contributed by atoms with E-state index >= 15 is 0 Å². The molecule has 0 spiro atoms. The smallest absolute Gasteiger partial charge is 0.243 e. The summed E-state index contributed by atoms with van der Waals surface area (Å²) in [5, 5.41) is 2.91. The van der Waals surface area contributed by atoms with Crippen LogP contribution < -0.4 is 9.62 Å². The van der Waals surface area contributed by atoms with Crippen LogP contribution in [0.4, 0.5) is 5.69 Å². The minimum Gasteiger partial charge on any atom is -0.353 e. The monoisotopic (exact) mass is 434 g/mol. The van der Waals surface area contributed by atoms with E-state index in [0.29, 0.717) is 18.7 Å². The molecule has 0 aliphatic heterocycles. The summed E-state index contributed by atoms with van der Waals surface area (Å²) in [6, 6.07) is 15.0. The number of sulfonamides is 1. The SMILES string of the molecule is CCC(C(=O)NCCSCc1ccccc1)N(c1cc(C)ccc1C)S(C)(=O)=O. The average Bonchev–Trinajstić information content (AvgIpc) is 2.67. The molecule has 2 aromatic rings. The van der Waals surface area contributed by atoms with E-state index in [9.17, 15) is 13.2 Å². The molecule has 1 N–H and O–H groups in total. The van der Waals surface area contributed by atoms with Gasteiger partial charge in [-0.15, -0.1) is 0 Å². The second kappa shape index (κ2) is 10.7. The fourth-order valence-corrected chi connectivity index (χ4v) is 5.20. The van der Waals surface area contributed by atoms with Crippen molar-refractivity contribution in [1.82, 2.24) is 5.32 Å². The zero-order chi connectivity index (χ0) is 21.4. The van der Waals surface area contributed by atoms with Crippen LogP contribution in [0.2, 0.25) is 0 Å². The Labute approximate surface area is 178 Å². The number of carbonyl (C=O) groups excluding carboxylic acids is 1. The molecular weight excluding hydrogens is 404 g/mol. The van der Waals surface area contributed by atoms with Crippen LogP contribution >= 0.6 is 11.8 Å². The Kier molecular flexibility index (Phi) is 8.59. The highest BCUT2D eigenvalue weighted by Crippen LogP contribution is 2.27. The molecule has 7 heteroatoms. The minimum atomic E-state index is -3.62. The molecule has 0 fully saturated rings. The van der Waals surface area contributed by atoms with Gasteiger partial charge in [0.05, 0.1) is 11.9 Å². The molecular formula is C22H30N2O3S2. The molecule has 1 unspecified atom stereocenters. The highest BCUT2D eigenvalue weighted by atomic mass is 32.2. The number of nitrogens with one attached hydrogen (secondary N) is 1. The van der Waals surface area contributed by atoms with Crippen molar-refractivity contribution in [1.29, 1.82) is 0 Å². The average molecular weight is 435 g/mol. The Balaban J connectivity index is 2.04. The molecule has 0 aromatic heterocycles. The molecule has 158 valence electrons. The van der Waals surface area contributed by atoms with Gasteiger partial charge in [-0.2, -0.15) is 11.8 Å². The van der Waals surface area contributed by atoms with Gasteiger partial charge in [-0.3, -0.25) is 9.10 Å². The topological polar surface area (TPSA) is 66.5 Å². The molecule has 0 saturated carbocycles. The van der Waals surface area contributed by atoms with Crippen LogP contribution in [0.15, 0.2) is 48.5 Å². The zero-order valence-electron chi connectivity index (χ0n) is 17.5. The molecule has 1 atom stereocenters. The number of benzene rings is 2. The van der Waals surface area contributed by atoms with Gasteiger partial charge >= 0.3 is 0 Å². The molecule has 0 heterocycles. The van der Waals surface area contributed by atoms with E-state index in [1.165, 1.54) is 9.87 Å². The van der Waals surface area contributed by atoms with Gasteiger partial charge in [-0.05, 0) is 43.0 Å². The predicted octanol–water partition coefficient (Wildman–Crippen LogP) is 3.90. The number of carbonyl (C=O) groups is 1. The highest BCUT2D eigenvalue weighted by molar-refractivity contribution is 7.98. The van der Waals surface area contributed by atoms with Crippen molar-refractivity contribution in [3.63, 3.8) is 0 Å². The van der Waals surface area contributed by atoms with E-state index in [2.05, 4.69) is 17.4 Å². The summed E-state index contributed by atoms with van der Waals surface area (Å²) in [5.41, 5.74) is 3.58. The number of hydrogen-bond donors (Lipinski definition) is 1. The van der Waals surface area contributed by atoms with Crippen LogP contribution in [0.3, 0.4) is 0 Å². The third-order valence-corrected chi connectivity index (χ3v) is 6.79. The Morgan fingerprint density at radius 1 is 1.14 bits per heavy atom. The molecule has 0 saturated heterocycles. The number of rotatable bonds is 10. The van der Waals surface area contributed by atoms with Crippen LogP contribution in [0.1, 0.15) is 30.0 Å². The van der Waals surface area contributed by atoms with Crippen LogP contribution in [-0.2, 0) is 20.6 Å². The first-order chi connectivity index (χ1) is 13.7. The van der Waals surface area contributed by atoms with Crippen molar-refractivity contribution in [3.05, 3.63) is 65.2 Å². The third-order valence-electron chi connectivity index (χ3n) is 4.59. The molecule has 0 aliphatic carbocycles. The van der Waals surface area contributed by atoms with Crippen LogP contribution in [0.25, 0.3) is 0 Å². The van der Waals surface area contributed by atoms with Gasteiger partial charge in [0.2, 0.25) is 15.9 Å². The number of aryl methyl sites for hydroxylation is 2. The number of nitrogens with zero attached hydrogens (tertiary/aromatic N) is 1. The van der Waals surface area contributed by atoms with Gasteiger partial charge in [0.1, 0.15) is 6.04 Å². The Hall–Kier alpha value is -1.99. The largest absolute Gasteiger partial charge is 0.353 e. The molecule has 0 aliphatic rings. The quantitative estimate of drug-likeness (QED) is 0.576. The van der Waals surface area contributed by atoms with Crippen molar-refractivity contribution in [2.45, 2.75) is 39.0 Å². The molecule has 29 heavy (non-hydrogen) atoms. The maximum absolute atomic E-state index is 12.8. The van der Waals surface area contributed by atoms with Gasteiger partial charge in [-0.1, -0.05) is 49.4 Å². The van der Waals surface area contributed by atoms with E-state index in [-0.39, 0.29) is 5.91 Å². The van der Waals surface area contributed by atoms with E-state index < -0.39 is 16.1 Å². The van der Waals surface area contributed by atoms with E-state index in [4.69, 9.17) is 0 Å².